The molecule has 0 aromatic carbocycles. The lowest BCUT2D eigenvalue weighted by Crippen LogP contribution is -2.30. The number of hydrogen-bond acceptors (Lipinski definition) is 6. The summed E-state index contributed by atoms with van der Waals surface area (Å²) in [6, 6.07) is 0. The Kier molecular flexibility index (Phi) is 47.9. The lowest BCUT2D eigenvalue weighted by atomic mass is 10.1. The fourth-order valence-corrected chi connectivity index (χ4v) is 7.31. The molecule has 0 amide bonds. The van der Waals surface area contributed by atoms with E-state index in [2.05, 4.69) is 69.4 Å². The summed E-state index contributed by atoms with van der Waals surface area (Å²) in [7, 11) is 0. The van der Waals surface area contributed by atoms with Crippen LogP contribution in [-0.4, -0.2) is 37.2 Å². The van der Waals surface area contributed by atoms with Gasteiger partial charge >= 0.3 is 17.9 Å². The molecule has 0 saturated carbocycles. The fraction of sp³-hybridized carbons (Fsp3) is 0.800. The lowest BCUT2D eigenvalue weighted by Gasteiger charge is -2.18. The summed E-state index contributed by atoms with van der Waals surface area (Å²) in [5, 5.41) is 0. The van der Waals surface area contributed by atoms with E-state index in [9.17, 15) is 14.4 Å². The summed E-state index contributed by atoms with van der Waals surface area (Å²) in [6.07, 6.45) is 59.5. The van der Waals surface area contributed by atoms with Crippen LogP contribution in [0.2, 0.25) is 0 Å². The summed E-state index contributed by atoms with van der Waals surface area (Å²) < 4.78 is 16.8. The molecule has 0 rings (SSSR count). The second kappa shape index (κ2) is 50.0. The van der Waals surface area contributed by atoms with Crippen LogP contribution in [0.4, 0.5) is 0 Å². The molecule has 61 heavy (non-hydrogen) atoms. The molecule has 0 heterocycles. The number of carbonyl (C=O) groups is 3. The van der Waals surface area contributed by atoms with Crippen molar-refractivity contribution in [3.63, 3.8) is 0 Å². The van der Waals surface area contributed by atoms with E-state index in [1.165, 1.54) is 135 Å². The van der Waals surface area contributed by atoms with E-state index in [4.69, 9.17) is 14.2 Å². The predicted molar refractivity (Wildman–Crippen MR) is 261 cm³/mol. The zero-order chi connectivity index (χ0) is 44.4. The maximum absolute atomic E-state index is 12.7. The Hall–Kier alpha value is -2.63. The maximum Gasteiger partial charge on any atom is 0.306 e. The highest BCUT2D eigenvalue weighted by Gasteiger charge is 2.19. The Labute approximate surface area is 378 Å². The maximum atomic E-state index is 12.7. The third-order valence-corrected chi connectivity index (χ3v) is 11.3. The molecule has 354 valence electrons. The van der Waals surface area contributed by atoms with Crippen molar-refractivity contribution in [2.75, 3.05) is 13.2 Å². The molecule has 6 heteroatoms. The molecule has 0 bridgehead atoms. The van der Waals surface area contributed by atoms with E-state index < -0.39 is 6.10 Å². The first-order valence-electron chi connectivity index (χ1n) is 26.1. The quantitative estimate of drug-likeness (QED) is 0.0263. The standard InChI is InChI=1S/C55H98O6/c1-4-7-10-13-16-19-22-23-24-25-26-27-28-29-30-31-34-36-39-42-45-48-54(57)60-51-52(61-55(58)49-46-43-40-37-33-21-18-15-12-9-6-3)50-59-53(56)47-44-41-38-35-32-20-17-14-11-8-5-2/h15,18,22-23,25-26,28-29,52H,4-14,16-17,19-21,24,27,30-51H2,1-3H3/b18-15-,23-22-,26-25-,29-28-. The van der Waals surface area contributed by atoms with Gasteiger partial charge in [-0.1, -0.05) is 217 Å². The van der Waals surface area contributed by atoms with E-state index in [0.717, 1.165) is 89.9 Å². The van der Waals surface area contributed by atoms with Crippen molar-refractivity contribution in [1.29, 1.82) is 0 Å². The minimum Gasteiger partial charge on any atom is -0.462 e. The molecule has 0 N–H and O–H groups in total. The average molecular weight is 855 g/mol. The Morgan fingerprint density at radius 2 is 0.607 bits per heavy atom. The highest BCUT2D eigenvalue weighted by atomic mass is 16.6. The van der Waals surface area contributed by atoms with Crippen LogP contribution >= 0.6 is 0 Å². The van der Waals surface area contributed by atoms with Crippen molar-refractivity contribution in [2.24, 2.45) is 0 Å². The molecule has 1 atom stereocenters. The molecule has 0 aliphatic heterocycles. The molecule has 0 aromatic rings. The second-order valence-electron chi connectivity index (χ2n) is 17.4. The minimum absolute atomic E-state index is 0.0789. The van der Waals surface area contributed by atoms with Gasteiger partial charge in [0.15, 0.2) is 6.10 Å². The van der Waals surface area contributed by atoms with E-state index in [0.29, 0.717) is 19.3 Å². The number of unbranched alkanes of at least 4 members (excludes halogenated alkanes) is 28. The molecule has 0 spiro atoms. The van der Waals surface area contributed by atoms with Gasteiger partial charge in [-0.3, -0.25) is 14.4 Å². The zero-order valence-corrected chi connectivity index (χ0v) is 40.4. The first kappa shape index (κ1) is 58.4. The van der Waals surface area contributed by atoms with E-state index in [-0.39, 0.29) is 31.1 Å². The minimum atomic E-state index is -0.779. The van der Waals surface area contributed by atoms with Gasteiger partial charge in [-0.05, 0) is 77.0 Å². The number of esters is 3. The van der Waals surface area contributed by atoms with Gasteiger partial charge in [0, 0.05) is 19.3 Å². The molecule has 0 fully saturated rings. The summed E-state index contributed by atoms with van der Waals surface area (Å²) >= 11 is 0. The molecular formula is C55H98O6. The van der Waals surface area contributed by atoms with Crippen molar-refractivity contribution in [3.8, 4) is 0 Å². The van der Waals surface area contributed by atoms with Crippen LogP contribution in [0.25, 0.3) is 0 Å². The van der Waals surface area contributed by atoms with Crippen LogP contribution in [0.15, 0.2) is 48.6 Å². The summed E-state index contributed by atoms with van der Waals surface area (Å²) in [5.41, 5.74) is 0. The Morgan fingerprint density at radius 1 is 0.328 bits per heavy atom. The van der Waals surface area contributed by atoms with Crippen molar-refractivity contribution in [2.45, 2.75) is 271 Å². The number of carbonyl (C=O) groups excluding carboxylic acids is 3. The first-order chi connectivity index (χ1) is 30.0. The van der Waals surface area contributed by atoms with Crippen LogP contribution < -0.4 is 0 Å². The fourth-order valence-electron chi connectivity index (χ4n) is 7.31. The topological polar surface area (TPSA) is 78.9 Å². The smallest absolute Gasteiger partial charge is 0.306 e. The molecule has 6 nitrogen and oxygen atoms in total. The van der Waals surface area contributed by atoms with Gasteiger partial charge < -0.3 is 14.2 Å². The SMILES string of the molecule is CCCC/C=C\CCCCCCCC(=O)OC(COC(=O)CCCCCCCC/C=C\C/C=C\C/C=C\CCCCCCC)COC(=O)CCCCCCCCCCCCC. The second-order valence-corrected chi connectivity index (χ2v) is 17.4. The molecular weight excluding hydrogens is 757 g/mol. The normalized spacial score (nSPS) is 12.4. The summed E-state index contributed by atoms with van der Waals surface area (Å²) in [4.78, 5) is 37.9. The van der Waals surface area contributed by atoms with Gasteiger partial charge in [0.25, 0.3) is 0 Å². The predicted octanol–water partition coefficient (Wildman–Crippen LogP) is 17.1. The first-order valence-corrected chi connectivity index (χ1v) is 26.1. The zero-order valence-electron chi connectivity index (χ0n) is 40.4. The van der Waals surface area contributed by atoms with Gasteiger partial charge in [0.2, 0.25) is 0 Å². The third-order valence-electron chi connectivity index (χ3n) is 11.3. The van der Waals surface area contributed by atoms with Crippen LogP contribution in [-0.2, 0) is 28.6 Å². The number of ether oxygens (including phenoxy) is 3. The third kappa shape index (κ3) is 48.3. The summed E-state index contributed by atoms with van der Waals surface area (Å²) in [5.74, 6) is -0.897. The van der Waals surface area contributed by atoms with E-state index in [1.807, 2.05) is 0 Å². The van der Waals surface area contributed by atoms with Crippen LogP contribution in [0.5, 0.6) is 0 Å². The van der Waals surface area contributed by atoms with E-state index in [1.54, 1.807) is 0 Å². The molecule has 0 aliphatic carbocycles. The van der Waals surface area contributed by atoms with Gasteiger partial charge in [0.05, 0.1) is 0 Å². The average Bonchev–Trinajstić information content (AvgIpc) is 3.26. The Morgan fingerprint density at radius 3 is 0.984 bits per heavy atom. The molecule has 0 saturated heterocycles. The van der Waals surface area contributed by atoms with Crippen molar-refractivity contribution >= 4 is 17.9 Å². The highest BCUT2D eigenvalue weighted by molar-refractivity contribution is 5.71. The van der Waals surface area contributed by atoms with Gasteiger partial charge in [-0.15, -0.1) is 0 Å². The number of rotatable bonds is 47. The van der Waals surface area contributed by atoms with E-state index >= 15 is 0 Å². The van der Waals surface area contributed by atoms with Crippen LogP contribution in [0.1, 0.15) is 265 Å². The van der Waals surface area contributed by atoms with Gasteiger partial charge in [-0.25, -0.2) is 0 Å². The van der Waals surface area contributed by atoms with Crippen LogP contribution in [0.3, 0.4) is 0 Å². The lowest BCUT2D eigenvalue weighted by molar-refractivity contribution is -0.167. The highest BCUT2D eigenvalue weighted by Crippen LogP contribution is 2.15. The number of allylic oxidation sites excluding steroid dienone is 8. The molecule has 0 radical (unpaired) electrons. The Bertz CT molecular complexity index is 1070. The monoisotopic (exact) mass is 855 g/mol. The van der Waals surface area contributed by atoms with Crippen molar-refractivity contribution in [3.05, 3.63) is 48.6 Å². The van der Waals surface area contributed by atoms with Crippen molar-refractivity contribution in [1.82, 2.24) is 0 Å². The Balaban J connectivity index is 4.31. The van der Waals surface area contributed by atoms with Gasteiger partial charge in [-0.2, -0.15) is 0 Å². The van der Waals surface area contributed by atoms with Crippen LogP contribution in [0, 0.1) is 0 Å². The largest absolute Gasteiger partial charge is 0.462 e. The van der Waals surface area contributed by atoms with Gasteiger partial charge in [0.1, 0.15) is 13.2 Å². The van der Waals surface area contributed by atoms with Crippen molar-refractivity contribution < 1.29 is 28.6 Å². The summed E-state index contributed by atoms with van der Waals surface area (Å²) in [6.45, 7) is 6.57. The molecule has 1 unspecified atom stereocenters. The molecule has 0 aliphatic rings. The molecule has 0 aromatic heterocycles. The number of hydrogen-bond donors (Lipinski definition) is 0.